The molecular formula is C13H21Cl2N3O2S. The van der Waals surface area contributed by atoms with Crippen molar-refractivity contribution >= 4 is 34.2 Å². The number of halogens is 2. The summed E-state index contributed by atoms with van der Waals surface area (Å²) in [6, 6.07) is 6.98. The van der Waals surface area contributed by atoms with Crippen molar-refractivity contribution in [1.82, 2.24) is 14.3 Å². The summed E-state index contributed by atoms with van der Waals surface area (Å²) < 4.78 is 29.0. The van der Waals surface area contributed by atoms with Crippen molar-refractivity contribution in [3.05, 3.63) is 34.9 Å². The number of nitrogens with zero attached hydrogens (tertiary/aromatic N) is 1. The molecule has 0 aromatic heterocycles. The molecule has 1 heterocycles. The predicted octanol–water partition coefficient (Wildman–Crippen LogP) is 1.95. The second kappa shape index (κ2) is 7.76. The maximum Gasteiger partial charge on any atom is 0.280 e. The zero-order valence-corrected chi connectivity index (χ0v) is 14.4. The van der Waals surface area contributed by atoms with Gasteiger partial charge in [0.15, 0.2) is 0 Å². The lowest BCUT2D eigenvalue weighted by atomic mass is 10.1. The van der Waals surface area contributed by atoms with E-state index in [2.05, 4.69) is 10.0 Å². The van der Waals surface area contributed by atoms with Crippen molar-refractivity contribution in [3.8, 4) is 0 Å². The Morgan fingerprint density at radius 1 is 1.43 bits per heavy atom. The van der Waals surface area contributed by atoms with Crippen molar-refractivity contribution in [2.24, 2.45) is 0 Å². The Bertz CT molecular complexity index is 566. The third kappa shape index (κ3) is 4.81. The fourth-order valence-corrected chi connectivity index (χ4v) is 4.13. The Morgan fingerprint density at radius 3 is 2.76 bits per heavy atom. The Labute approximate surface area is 137 Å². The predicted molar refractivity (Wildman–Crippen MR) is 88.2 cm³/mol. The van der Waals surface area contributed by atoms with Crippen LogP contribution >= 0.6 is 24.0 Å². The lowest BCUT2D eigenvalue weighted by Crippen LogP contribution is -2.53. The van der Waals surface area contributed by atoms with E-state index < -0.39 is 10.2 Å². The van der Waals surface area contributed by atoms with Crippen LogP contribution in [0.5, 0.6) is 0 Å². The van der Waals surface area contributed by atoms with E-state index in [-0.39, 0.29) is 24.5 Å². The minimum atomic E-state index is -3.49. The first-order chi connectivity index (χ1) is 9.40. The van der Waals surface area contributed by atoms with E-state index in [1.807, 2.05) is 32.0 Å². The van der Waals surface area contributed by atoms with E-state index in [0.29, 0.717) is 24.7 Å². The number of nitrogens with one attached hydrogen (secondary N) is 2. The number of piperazine rings is 1. The molecule has 0 saturated carbocycles. The van der Waals surface area contributed by atoms with Gasteiger partial charge in [-0.25, -0.2) is 0 Å². The molecule has 2 N–H and O–H groups in total. The van der Waals surface area contributed by atoms with E-state index in [9.17, 15) is 8.42 Å². The molecule has 1 aromatic rings. The maximum absolute atomic E-state index is 12.4. The van der Waals surface area contributed by atoms with Crippen molar-refractivity contribution in [3.63, 3.8) is 0 Å². The third-order valence-corrected chi connectivity index (χ3v) is 5.18. The summed E-state index contributed by atoms with van der Waals surface area (Å²) in [6.45, 7) is 5.30. The van der Waals surface area contributed by atoms with Crippen molar-refractivity contribution in [2.45, 2.75) is 25.9 Å². The molecule has 1 atom stereocenters. The molecule has 1 aromatic carbocycles. The molecule has 120 valence electrons. The van der Waals surface area contributed by atoms with Crippen molar-refractivity contribution in [1.29, 1.82) is 0 Å². The second-order valence-corrected chi connectivity index (χ2v) is 7.25. The summed E-state index contributed by atoms with van der Waals surface area (Å²) in [6.07, 6.45) is 0. The van der Waals surface area contributed by atoms with E-state index in [0.717, 1.165) is 5.56 Å². The molecule has 0 radical (unpaired) electrons. The highest BCUT2D eigenvalue weighted by Crippen LogP contribution is 2.26. The van der Waals surface area contributed by atoms with Gasteiger partial charge in [0.05, 0.1) is 6.04 Å². The Balaban J connectivity index is 0.00000220. The van der Waals surface area contributed by atoms with Gasteiger partial charge < -0.3 is 5.32 Å². The number of benzene rings is 1. The van der Waals surface area contributed by atoms with Gasteiger partial charge in [-0.3, -0.25) is 0 Å². The highest BCUT2D eigenvalue weighted by molar-refractivity contribution is 7.87. The average molecular weight is 354 g/mol. The molecule has 1 aliphatic rings. The molecule has 21 heavy (non-hydrogen) atoms. The molecule has 1 fully saturated rings. The molecule has 1 aliphatic heterocycles. The van der Waals surface area contributed by atoms with Gasteiger partial charge >= 0.3 is 0 Å². The van der Waals surface area contributed by atoms with E-state index >= 15 is 0 Å². The summed E-state index contributed by atoms with van der Waals surface area (Å²) in [5.74, 6) is 0. The van der Waals surface area contributed by atoms with Crippen LogP contribution in [0.3, 0.4) is 0 Å². The summed E-state index contributed by atoms with van der Waals surface area (Å²) in [5, 5.41) is 3.84. The quantitative estimate of drug-likeness (QED) is 0.869. The maximum atomic E-state index is 12.4. The zero-order chi connectivity index (χ0) is 14.8. The molecular weight excluding hydrogens is 333 g/mol. The molecule has 5 nitrogen and oxygen atoms in total. The normalized spacial score (nSPS) is 20.3. The van der Waals surface area contributed by atoms with Gasteiger partial charge in [-0.2, -0.15) is 17.4 Å². The summed E-state index contributed by atoms with van der Waals surface area (Å²) >= 11 is 6.01. The van der Waals surface area contributed by atoms with Gasteiger partial charge in [-0.15, -0.1) is 12.4 Å². The Morgan fingerprint density at radius 2 is 2.14 bits per heavy atom. The van der Waals surface area contributed by atoms with Crippen LogP contribution < -0.4 is 10.0 Å². The highest BCUT2D eigenvalue weighted by Gasteiger charge is 2.33. The summed E-state index contributed by atoms with van der Waals surface area (Å²) in [4.78, 5) is 0. The SMILES string of the molecule is CC(C)NS(=O)(=O)N1CCNCC1c1cccc(Cl)c1.Cl. The zero-order valence-electron chi connectivity index (χ0n) is 12.0. The second-order valence-electron chi connectivity index (χ2n) is 5.16. The first kappa shape index (κ1) is 18.7. The lowest BCUT2D eigenvalue weighted by molar-refractivity contribution is 0.267. The van der Waals surface area contributed by atoms with E-state index in [1.54, 1.807) is 6.07 Å². The smallest absolute Gasteiger partial charge is 0.280 e. The van der Waals surface area contributed by atoms with Gasteiger partial charge in [-0.05, 0) is 31.5 Å². The fraction of sp³-hybridized carbons (Fsp3) is 0.538. The molecule has 8 heteroatoms. The number of hydrogen-bond acceptors (Lipinski definition) is 3. The van der Waals surface area contributed by atoms with Crippen LogP contribution in [0.4, 0.5) is 0 Å². The standard InChI is InChI=1S/C13H20ClN3O2S.ClH/c1-10(2)16-20(18,19)17-7-6-15-9-13(17)11-4-3-5-12(14)8-11;/h3-5,8,10,13,15-16H,6-7,9H2,1-2H3;1H. The topological polar surface area (TPSA) is 61.4 Å². The number of hydrogen-bond donors (Lipinski definition) is 2. The molecule has 0 bridgehead atoms. The van der Waals surface area contributed by atoms with Crippen molar-refractivity contribution in [2.75, 3.05) is 19.6 Å². The third-order valence-electron chi connectivity index (χ3n) is 3.12. The molecule has 1 saturated heterocycles. The molecule has 1 unspecified atom stereocenters. The van der Waals surface area contributed by atoms with Crippen molar-refractivity contribution < 1.29 is 8.42 Å². The van der Waals surface area contributed by atoms with E-state index in [1.165, 1.54) is 4.31 Å². The van der Waals surface area contributed by atoms with Gasteiger partial charge in [-0.1, -0.05) is 23.7 Å². The van der Waals surface area contributed by atoms with E-state index in [4.69, 9.17) is 11.6 Å². The van der Waals surface area contributed by atoms with Gasteiger partial charge in [0, 0.05) is 30.7 Å². The Kier molecular flexibility index (Phi) is 6.90. The number of rotatable bonds is 4. The van der Waals surface area contributed by atoms with Crippen LogP contribution in [-0.4, -0.2) is 38.4 Å². The first-order valence-electron chi connectivity index (χ1n) is 6.65. The molecule has 0 amide bonds. The highest BCUT2D eigenvalue weighted by atomic mass is 35.5. The fourth-order valence-electron chi connectivity index (χ4n) is 2.34. The van der Waals surface area contributed by atoms with Gasteiger partial charge in [0.2, 0.25) is 0 Å². The Hall–Kier alpha value is -0.370. The van der Waals surface area contributed by atoms with Crippen LogP contribution in [-0.2, 0) is 10.2 Å². The summed E-state index contributed by atoms with van der Waals surface area (Å²) in [7, 11) is -3.49. The largest absolute Gasteiger partial charge is 0.313 e. The van der Waals surface area contributed by atoms with Crippen LogP contribution in [0.25, 0.3) is 0 Å². The molecule has 0 spiro atoms. The average Bonchev–Trinajstić information content (AvgIpc) is 2.37. The molecule has 2 rings (SSSR count). The first-order valence-corrected chi connectivity index (χ1v) is 8.47. The van der Waals surface area contributed by atoms with Gasteiger partial charge in [0.1, 0.15) is 0 Å². The van der Waals surface area contributed by atoms with Crippen LogP contribution in [0.15, 0.2) is 24.3 Å². The van der Waals surface area contributed by atoms with Crippen LogP contribution in [0.1, 0.15) is 25.5 Å². The minimum absolute atomic E-state index is 0. The lowest BCUT2D eigenvalue weighted by Gasteiger charge is -2.35. The monoisotopic (exact) mass is 353 g/mol. The molecule has 0 aliphatic carbocycles. The van der Waals surface area contributed by atoms with Gasteiger partial charge in [0.25, 0.3) is 10.2 Å². The van der Waals surface area contributed by atoms with Crippen LogP contribution in [0.2, 0.25) is 5.02 Å². The van der Waals surface area contributed by atoms with Crippen LogP contribution in [0, 0.1) is 0 Å². The summed E-state index contributed by atoms with van der Waals surface area (Å²) in [5.41, 5.74) is 0.902. The minimum Gasteiger partial charge on any atom is -0.313 e.